The minimum absolute atomic E-state index is 0.147. The van der Waals surface area contributed by atoms with Crippen molar-refractivity contribution in [1.82, 2.24) is 5.32 Å². The van der Waals surface area contributed by atoms with Crippen molar-refractivity contribution in [3.8, 4) is 0 Å². The van der Waals surface area contributed by atoms with Crippen LogP contribution in [0.2, 0.25) is 0 Å². The summed E-state index contributed by atoms with van der Waals surface area (Å²) in [5.41, 5.74) is 0.246. The van der Waals surface area contributed by atoms with Gasteiger partial charge in [0.25, 0.3) is 5.91 Å². The SMILES string of the molecule is CC(=O)Nc1ccc(C(=O)NCC2(C(=O)O)CCC2)cc1. The predicted molar refractivity (Wildman–Crippen MR) is 77.0 cm³/mol. The molecule has 3 N–H and O–H groups in total. The number of rotatable bonds is 5. The summed E-state index contributed by atoms with van der Waals surface area (Å²) in [7, 11) is 0. The number of carboxylic acid groups (broad SMARTS) is 1. The summed E-state index contributed by atoms with van der Waals surface area (Å²) in [4.78, 5) is 34.1. The maximum Gasteiger partial charge on any atom is 0.311 e. The summed E-state index contributed by atoms with van der Waals surface area (Å²) in [6.45, 7) is 1.55. The minimum Gasteiger partial charge on any atom is -0.481 e. The third kappa shape index (κ3) is 3.39. The number of benzene rings is 1. The topological polar surface area (TPSA) is 95.5 Å². The average Bonchev–Trinajstić information content (AvgIpc) is 2.37. The molecule has 6 nitrogen and oxygen atoms in total. The zero-order valence-electron chi connectivity index (χ0n) is 11.8. The van der Waals surface area contributed by atoms with Gasteiger partial charge in [-0.15, -0.1) is 0 Å². The van der Waals surface area contributed by atoms with Crippen LogP contribution in [-0.2, 0) is 9.59 Å². The maximum atomic E-state index is 12.0. The van der Waals surface area contributed by atoms with Crippen LogP contribution in [0.3, 0.4) is 0 Å². The lowest BCUT2D eigenvalue weighted by molar-refractivity contribution is -0.153. The smallest absolute Gasteiger partial charge is 0.311 e. The Bertz CT molecular complexity index is 562. The Morgan fingerprint density at radius 3 is 2.24 bits per heavy atom. The second-order valence-electron chi connectivity index (χ2n) is 5.38. The highest BCUT2D eigenvalue weighted by molar-refractivity contribution is 5.95. The number of aliphatic carboxylic acids is 1. The fraction of sp³-hybridized carbons (Fsp3) is 0.400. The number of amides is 2. The lowest BCUT2D eigenvalue weighted by Gasteiger charge is -2.37. The van der Waals surface area contributed by atoms with E-state index in [1.807, 2.05) is 0 Å². The quantitative estimate of drug-likeness (QED) is 0.768. The second kappa shape index (κ2) is 5.95. The van der Waals surface area contributed by atoms with Gasteiger partial charge in [-0.1, -0.05) is 6.42 Å². The Labute approximate surface area is 122 Å². The molecule has 0 radical (unpaired) electrons. The van der Waals surface area contributed by atoms with E-state index < -0.39 is 11.4 Å². The first-order valence-electron chi connectivity index (χ1n) is 6.82. The molecule has 21 heavy (non-hydrogen) atoms. The van der Waals surface area contributed by atoms with Crippen LogP contribution in [0.25, 0.3) is 0 Å². The number of carbonyl (C=O) groups excluding carboxylic acids is 2. The Kier molecular flexibility index (Phi) is 4.26. The maximum absolute atomic E-state index is 12.0. The molecule has 0 saturated heterocycles. The first-order valence-corrected chi connectivity index (χ1v) is 6.82. The first kappa shape index (κ1) is 15.0. The highest BCUT2D eigenvalue weighted by atomic mass is 16.4. The van der Waals surface area contributed by atoms with Crippen LogP contribution in [0, 0.1) is 5.41 Å². The summed E-state index contributed by atoms with van der Waals surface area (Å²) in [5, 5.41) is 14.5. The number of hydrogen-bond donors (Lipinski definition) is 3. The largest absolute Gasteiger partial charge is 0.481 e. The van der Waals surface area contributed by atoms with Crippen molar-refractivity contribution >= 4 is 23.5 Å². The fourth-order valence-corrected chi connectivity index (χ4v) is 2.33. The first-order chi connectivity index (χ1) is 9.93. The molecule has 0 spiro atoms. The van der Waals surface area contributed by atoms with Gasteiger partial charge in [-0.25, -0.2) is 0 Å². The van der Waals surface area contributed by atoms with Crippen molar-refractivity contribution in [2.75, 3.05) is 11.9 Å². The molecule has 0 bridgehead atoms. The monoisotopic (exact) mass is 290 g/mol. The van der Waals surface area contributed by atoms with Crippen LogP contribution in [-0.4, -0.2) is 29.4 Å². The van der Waals surface area contributed by atoms with Crippen LogP contribution >= 0.6 is 0 Å². The van der Waals surface area contributed by atoms with Crippen LogP contribution in [0.1, 0.15) is 36.5 Å². The Balaban J connectivity index is 1.94. The molecule has 2 rings (SSSR count). The number of carboxylic acids is 1. The number of carbonyl (C=O) groups is 3. The molecule has 0 unspecified atom stereocenters. The van der Waals surface area contributed by atoms with Gasteiger partial charge in [0, 0.05) is 24.7 Å². The Morgan fingerprint density at radius 1 is 1.19 bits per heavy atom. The van der Waals surface area contributed by atoms with Gasteiger partial charge in [0.05, 0.1) is 5.41 Å². The molecule has 112 valence electrons. The Morgan fingerprint density at radius 2 is 1.81 bits per heavy atom. The highest BCUT2D eigenvalue weighted by Gasteiger charge is 2.44. The van der Waals surface area contributed by atoms with Crippen molar-refractivity contribution in [1.29, 1.82) is 0 Å². The van der Waals surface area contributed by atoms with Crippen LogP contribution in [0.15, 0.2) is 24.3 Å². The van der Waals surface area contributed by atoms with Crippen molar-refractivity contribution in [3.63, 3.8) is 0 Å². The summed E-state index contributed by atoms with van der Waals surface area (Å²) >= 11 is 0. The molecule has 0 heterocycles. The van der Waals surface area contributed by atoms with Crippen molar-refractivity contribution in [2.24, 2.45) is 5.41 Å². The van der Waals surface area contributed by atoms with E-state index in [1.165, 1.54) is 6.92 Å². The van der Waals surface area contributed by atoms with Crippen LogP contribution < -0.4 is 10.6 Å². The van der Waals surface area contributed by atoms with E-state index in [9.17, 15) is 19.5 Å². The van der Waals surface area contributed by atoms with Crippen molar-refractivity contribution in [2.45, 2.75) is 26.2 Å². The second-order valence-corrected chi connectivity index (χ2v) is 5.38. The number of hydrogen-bond acceptors (Lipinski definition) is 3. The molecule has 1 aliphatic carbocycles. The lowest BCUT2D eigenvalue weighted by Crippen LogP contribution is -2.47. The van der Waals surface area contributed by atoms with E-state index in [-0.39, 0.29) is 18.4 Å². The van der Waals surface area contributed by atoms with Crippen molar-refractivity contribution < 1.29 is 19.5 Å². The molecule has 0 aromatic heterocycles. The molecule has 1 aliphatic rings. The highest BCUT2D eigenvalue weighted by Crippen LogP contribution is 2.40. The zero-order chi connectivity index (χ0) is 15.5. The van der Waals surface area contributed by atoms with Crippen LogP contribution in [0.5, 0.6) is 0 Å². The normalized spacial score (nSPS) is 15.7. The van der Waals surface area contributed by atoms with Gasteiger partial charge in [-0.05, 0) is 37.1 Å². The zero-order valence-corrected chi connectivity index (χ0v) is 11.8. The van der Waals surface area contributed by atoms with Gasteiger partial charge < -0.3 is 15.7 Å². The van der Waals surface area contributed by atoms with Crippen LogP contribution in [0.4, 0.5) is 5.69 Å². The van der Waals surface area contributed by atoms with Gasteiger partial charge >= 0.3 is 5.97 Å². The molecular formula is C15H18N2O4. The fourth-order valence-electron chi connectivity index (χ4n) is 2.33. The minimum atomic E-state index is -0.852. The molecular weight excluding hydrogens is 272 g/mol. The summed E-state index contributed by atoms with van der Waals surface area (Å²) in [6, 6.07) is 6.45. The van der Waals surface area contributed by atoms with Gasteiger partial charge in [-0.3, -0.25) is 14.4 Å². The van der Waals surface area contributed by atoms with Gasteiger partial charge in [0.2, 0.25) is 5.91 Å². The molecule has 1 aromatic carbocycles. The standard InChI is InChI=1S/C15H18N2O4/c1-10(18)17-12-5-3-11(4-6-12)13(19)16-9-15(14(20)21)7-2-8-15/h3-6H,2,7-9H2,1H3,(H,16,19)(H,17,18)(H,20,21). The number of anilines is 1. The third-order valence-electron chi connectivity index (χ3n) is 3.82. The number of nitrogens with one attached hydrogen (secondary N) is 2. The predicted octanol–water partition coefficient (Wildman–Crippen LogP) is 1.63. The molecule has 2 amide bonds. The average molecular weight is 290 g/mol. The van der Waals surface area contributed by atoms with E-state index in [2.05, 4.69) is 10.6 Å². The Hall–Kier alpha value is -2.37. The molecule has 0 aliphatic heterocycles. The molecule has 1 saturated carbocycles. The van der Waals surface area contributed by atoms with E-state index in [4.69, 9.17) is 0 Å². The van der Waals surface area contributed by atoms with E-state index in [0.717, 1.165) is 6.42 Å². The molecule has 0 atom stereocenters. The lowest BCUT2D eigenvalue weighted by atomic mass is 9.69. The summed E-state index contributed by atoms with van der Waals surface area (Å²) < 4.78 is 0. The third-order valence-corrected chi connectivity index (χ3v) is 3.82. The van der Waals surface area contributed by atoms with Gasteiger partial charge in [0.15, 0.2) is 0 Å². The molecule has 6 heteroatoms. The van der Waals surface area contributed by atoms with Crippen molar-refractivity contribution in [3.05, 3.63) is 29.8 Å². The van der Waals surface area contributed by atoms with E-state index in [0.29, 0.717) is 24.1 Å². The van der Waals surface area contributed by atoms with E-state index >= 15 is 0 Å². The molecule has 1 aromatic rings. The van der Waals surface area contributed by atoms with E-state index in [1.54, 1.807) is 24.3 Å². The molecule has 1 fully saturated rings. The van der Waals surface area contributed by atoms with Gasteiger partial charge in [0.1, 0.15) is 0 Å². The summed E-state index contributed by atoms with van der Waals surface area (Å²) in [5.74, 6) is -1.34. The van der Waals surface area contributed by atoms with Gasteiger partial charge in [-0.2, -0.15) is 0 Å². The summed E-state index contributed by atoms with van der Waals surface area (Å²) in [6.07, 6.45) is 2.09.